The van der Waals surface area contributed by atoms with E-state index in [4.69, 9.17) is 9.47 Å². The van der Waals surface area contributed by atoms with Crippen LogP contribution in [0.2, 0.25) is 0 Å². The number of aromatic nitrogens is 1. The van der Waals surface area contributed by atoms with Gasteiger partial charge in [-0.1, -0.05) is 13.0 Å². The third-order valence-electron chi connectivity index (χ3n) is 6.00. The number of benzene rings is 3. The highest BCUT2D eigenvalue weighted by Gasteiger charge is 2.20. The minimum Gasteiger partial charge on any atom is -0.494 e. The van der Waals surface area contributed by atoms with Crippen molar-refractivity contribution in [3.63, 3.8) is 0 Å². The molecule has 194 valence electrons. The van der Waals surface area contributed by atoms with Crippen molar-refractivity contribution in [2.24, 2.45) is 0 Å². The summed E-state index contributed by atoms with van der Waals surface area (Å²) in [4.78, 5) is 16.5. The van der Waals surface area contributed by atoms with Crippen molar-refractivity contribution in [1.82, 2.24) is 10.3 Å². The van der Waals surface area contributed by atoms with Gasteiger partial charge in [-0.3, -0.25) is 4.79 Å². The van der Waals surface area contributed by atoms with Crippen LogP contribution >= 0.6 is 0 Å². The lowest BCUT2D eigenvalue weighted by atomic mass is 10.0. The van der Waals surface area contributed by atoms with Crippen molar-refractivity contribution in [2.75, 3.05) is 19.8 Å². The number of aliphatic hydroxyl groups is 1. The molecule has 3 N–H and O–H groups in total. The molecule has 0 saturated carbocycles. The second-order valence-electron chi connectivity index (χ2n) is 8.69. The molecule has 0 spiro atoms. The normalized spacial score (nSPS) is 11.9. The Labute approximate surface area is 214 Å². The summed E-state index contributed by atoms with van der Waals surface area (Å²) < 4.78 is 39.8. The number of carbonyl (C=O) groups is 1. The van der Waals surface area contributed by atoms with Crippen molar-refractivity contribution >= 4 is 16.8 Å². The number of fused-ring (bicyclic) bond motifs is 1. The molecule has 6 nitrogen and oxygen atoms in total. The molecule has 0 aliphatic heterocycles. The molecule has 8 heteroatoms. The molecule has 1 aromatic heterocycles. The highest BCUT2D eigenvalue weighted by molar-refractivity contribution is 5.98. The molecule has 3 aromatic carbocycles. The average molecular weight is 509 g/mol. The van der Waals surface area contributed by atoms with Crippen LogP contribution in [0.25, 0.3) is 22.0 Å². The van der Waals surface area contributed by atoms with Gasteiger partial charge in [0.1, 0.15) is 23.1 Å². The quantitative estimate of drug-likeness (QED) is 0.245. The molecular formula is C29H30F2N2O4. The molecule has 0 bridgehead atoms. The molecule has 4 aromatic rings. The second-order valence-corrected chi connectivity index (χ2v) is 8.69. The van der Waals surface area contributed by atoms with E-state index in [0.29, 0.717) is 41.2 Å². The first kappa shape index (κ1) is 26.2. The largest absolute Gasteiger partial charge is 0.494 e. The van der Waals surface area contributed by atoms with E-state index >= 15 is 0 Å². The van der Waals surface area contributed by atoms with Gasteiger partial charge in [0.25, 0.3) is 5.91 Å². The van der Waals surface area contributed by atoms with Crippen molar-refractivity contribution in [3.05, 3.63) is 83.6 Å². The van der Waals surface area contributed by atoms with Crippen LogP contribution in [-0.2, 0) is 6.42 Å². The number of ether oxygens (including phenoxy) is 2. The molecule has 37 heavy (non-hydrogen) atoms. The molecule has 0 saturated heterocycles. The van der Waals surface area contributed by atoms with Gasteiger partial charge < -0.3 is 24.9 Å². The fraction of sp³-hybridized carbons (Fsp3) is 0.276. The van der Waals surface area contributed by atoms with Crippen LogP contribution in [0, 0.1) is 11.6 Å². The minimum absolute atomic E-state index is 0.218. The van der Waals surface area contributed by atoms with Gasteiger partial charge in [0.15, 0.2) is 0 Å². The SMILES string of the molecule is CCCOc1ccc(-c2cc(OCC)ccc2F)cc1C(=O)NC(CO)Cc1c[nH]c2ccc(F)cc12. The van der Waals surface area contributed by atoms with Crippen LogP contribution in [0.3, 0.4) is 0 Å². The van der Waals surface area contributed by atoms with Gasteiger partial charge in [0, 0.05) is 22.7 Å². The smallest absolute Gasteiger partial charge is 0.255 e. The molecule has 0 aliphatic rings. The number of aliphatic hydroxyl groups excluding tert-OH is 1. The fourth-order valence-corrected chi connectivity index (χ4v) is 4.20. The Morgan fingerprint density at radius 2 is 1.89 bits per heavy atom. The predicted molar refractivity (Wildman–Crippen MR) is 139 cm³/mol. The molecule has 0 fully saturated rings. The monoisotopic (exact) mass is 508 g/mol. The molecule has 4 rings (SSSR count). The van der Waals surface area contributed by atoms with Crippen molar-refractivity contribution in [1.29, 1.82) is 0 Å². The summed E-state index contributed by atoms with van der Waals surface area (Å²) in [6.45, 7) is 4.31. The molecule has 1 atom stereocenters. The maximum Gasteiger partial charge on any atom is 0.255 e. The van der Waals surface area contributed by atoms with Crippen molar-refractivity contribution < 1.29 is 28.2 Å². The van der Waals surface area contributed by atoms with Gasteiger partial charge in [0.05, 0.1) is 31.4 Å². The number of carbonyl (C=O) groups excluding carboxylic acids is 1. The van der Waals surface area contributed by atoms with Gasteiger partial charge in [-0.2, -0.15) is 0 Å². The van der Waals surface area contributed by atoms with Crippen LogP contribution in [0.4, 0.5) is 8.78 Å². The summed E-state index contributed by atoms with van der Waals surface area (Å²) in [7, 11) is 0. The first-order valence-corrected chi connectivity index (χ1v) is 12.3. The zero-order valence-corrected chi connectivity index (χ0v) is 20.8. The van der Waals surface area contributed by atoms with Crippen LogP contribution in [-0.4, -0.2) is 41.9 Å². The van der Waals surface area contributed by atoms with Gasteiger partial charge in [0.2, 0.25) is 0 Å². The number of hydrogen-bond acceptors (Lipinski definition) is 4. The van der Waals surface area contributed by atoms with Crippen LogP contribution in [0.15, 0.2) is 60.8 Å². The summed E-state index contributed by atoms with van der Waals surface area (Å²) in [6, 6.07) is 13.2. The van der Waals surface area contributed by atoms with Crippen LogP contribution in [0.5, 0.6) is 11.5 Å². The summed E-state index contributed by atoms with van der Waals surface area (Å²) in [5.41, 5.74) is 2.52. The molecule has 1 amide bonds. The number of rotatable bonds is 11. The Hall–Kier alpha value is -3.91. The summed E-state index contributed by atoms with van der Waals surface area (Å²) in [5, 5.41) is 13.5. The topological polar surface area (TPSA) is 83.6 Å². The summed E-state index contributed by atoms with van der Waals surface area (Å²) in [6.07, 6.45) is 2.76. The Morgan fingerprint density at radius 3 is 2.65 bits per heavy atom. The first-order valence-electron chi connectivity index (χ1n) is 12.3. The van der Waals surface area contributed by atoms with Crippen LogP contribution in [0.1, 0.15) is 36.2 Å². The average Bonchev–Trinajstić information content (AvgIpc) is 3.29. The number of nitrogens with one attached hydrogen (secondary N) is 2. The standard InChI is InChI=1S/C29H30F2N2O4/c1-3-11-37-28-10-5-18(23-15-22(36-4-2)7-8-26(23)31)13-25(28)29(35)33-21(17-34)12-19-16-32-27-9-6-20(30)14-24(19)27/h5-10,13-16,21,32,34H,3-4,11-12,17H2,1-2H3,(H,33,35). The van der Waals surface area contributed by atoms with Gasteiger partial charge in [-0.05, 0) is 79.4 Å². The Balaban J connectivity index is 1.63. The number of hydrogen-bond donors (Lipinski definition) is 3. The molecule has 1 heterocycles. The van der Waals surface area contributed by atoms with E-state index in [-0.39, 0.29) is 24.4 Å². The lowest BCUT2D eigenvalue weighted by Gasteiger charge is -2.18. The lowest BCUT2D eigenvalue weighted by molar-refractivity contribution is 0.0912. The Bertz CT molecular complexity index is 1390. The minimum atomic E-state index is -0.643. The van der Waals surface area contributed by atoms with Gasteiger partial charge >= 0.3 is 0 Å². The Morgan fingerprint density at radius 1 is 1.05 bits per heavy atom. The number of halogens is 2. The first-order chi connectivity index (χ1) is 17.9. The van der Waals surface area contributed by atoms with E-state index in [2.05, 4.69) is 10.3 Å². The third kappa shape index (κ3) is 6.09. The van der Waals surface area contributed by atoms with E-state index in [9.17, 15) is 18.7 Å². The molecule has 1 unspecified atom stereocenters. The number of H-pyrrole nitrogens is 1. The maximum absolute atomic E-state index is 14.7. The number of aromatic amines is 1. The molecule has 0 aliphatic carbocycles. The fourth-order valence-electron chi connectivity index (χ4n) is 4.20. The van der Waals surface area contributed by atoms with E-state index in [1.807, 2.05) is 13.8 Å². The number of amides is 1. The molecular weight excluding hydrogens is 478 g/mol. The third-order valence-corrected chi connectivity index (χ3v) is 6.00. The highest BCUT2D eigenvalue weighted by atomic mass is 19.1. The van der Waals surface area contributed by atoms with Gasteiger partial charge in [-0.15, -0.1) is 0 Å². The van der Waals surface area contributed by atoms with E-state index in [1.165, 1.54) is 18.2 Å². The predicted octanol–water partition coefficient (Wildman–Crippen LogP) is 5.63. The zero-order valence-electron chi connectivity index (χ0n) is 20.8. The van der Waals surface area contributed by atoms with E-state index in [0.717, 1.165) is 17.5 Å². The maximum atomic E-state index is 14.7. The van der Waals surface area contributed by atoms with E-state index < -0.39 is 17.8 Å². The second kappa shape index (κ2) is 11.9. The lowest BCUT2D eigenvalue weighted by Crippen LogP contribution is -2.39. The summed E-state index contributed by atoms with van der Waals surface area (Å²) in [5.74, 6) is -0.411. The zero-order chi connectivity index (χ0) is 26.4. The van der Waals surface area contributed by atoms with E-state index in [1.54, 1.807) is 42.6 Å². The summed E-state index contributed by atoms with van der Waals surface area (Å²) >= 11 is 0. The Kier molecular flexibility index (Phi) is 8.40. The highest BCUT2D eigenvalue weighted by Crippen LogP contribution is 2.31. The van der Waals surface area contributed by atoms with Crippen LogP contribution < -0.4 is 14.8 Å². The van der Waals surface area contributed by atoms with Gasteiger partial charge in [-0.25, -0.2) is 8.78 Å². The molecule has 0 radical (unpaired) electrons. The van der Waals surface area contributed by atoms with Crippen molar-refractivity contribution in [2.45, 2.75) is 32.7 Å². The van der Waals surface area contributed by atoms with Crippen molar-refractivity contribution in [3.8, 4) is 22.6 Å².